The molecule has 1 aromatic rings. The van der Waals surface area contributed by atoms with Gasteiger partial charge in [0.1, 0.15) is 5.72 Å². The summed E-state index contributed by atoms with van der Waals surface area (Å²) in [5.41, 5.74) is 0.00975. The van der Waals surface area contributed by atoms with Gasteiger partial charge >= 0.3 is 0 Å². The first-order valence-corrected chi connectivity index (χ1v) is 4.75. The summed E-state index contributed by atoms with van der Waals surface area (Å²) in [5.74, 6) is -0.0663. The van der Waals surface area contributed by atoms with E-state index in [4.69, 9.17) is 0 Å². The van der Waals surface area contributed by atoms with Crippen molar-refractivity contribution in [3.05, 3.63) is 35.9 Å². The minimum Gasteiger partial charge on any atom is -0.371 e. The molecule has 1 atom stereocenters. The smallest absolute Gasteiger partial charge is 0.222 e. The molecule has 1 aromatic carbocycles. The predicted molar refractivity (Wildman–Crippen MR) is 52.5 cm³/mol. The molecule has 1 aliphatic rings. The second kappa shape index (κ2) is 3.42. The molecule has 14 heavy (non-hydrogen) atoms. The monoisotopic (exact) mass is 191 g/mol. The highest BCUT2D eigenvalue weighted by Gasteiger charge is 2.35. The Balaban J connectivity index is 2.08. The number of benzene rings is 1. The van der Waals surface area contributed by atoms with Gasteiger partial charge in [-0.15, -0.1) is 0 Å². The second-order valence-electron chi connectivity index (χ2n) is 3.74. The molecule has 1 aliphatic heterocycles. The number of nitrogens with one attached hydrogen (secondary N) is 1. The van der Waals surface area contributed by atoms with E-state index in [9.17, 15) is 9.90 Å². The van der Waals surface area contributed by atoms with E-state index in [1.165, 1.54) is 0 Å². The van der Waals surface area contributed by atoms with Crippen LogP contribution in [0, 0.1) is 0 Å². The van der Waals surface area contributed by atoms with Gasteiger partial charge < -0.3 is 10.4 Å². The molecule has 1 fully saturated rings. The summed E-state index contributed by atoms with van der Waals surface area (Å²) < 4.78 is 0. The quantitative estimate of drug-likeness (QED) is 0.727. The molecule has 1 saturated heterocycles. The van der Waals surface area contributed by atoms with Crippen LogP contribution in [0.15, 0.2) is 30.3 Å². The van der Waals surface area contributed by atoms with E-state index in [1.807, 2.05) is 30.3 Å². The van der Waals surface area contributed by atoms with Gasteiger partial charge in [0, 0.05) is 19.3 Å². The predicted octanol–water partition coefficient (Wildman–Crippen LogP) is 0.828. The lowest BCUT2D eigenvalue weighted by molar-refractivity contribution is -0.121. The Morgan fingerprint density at radius 3 is 2.64 bits per heavy atom. The number of aliphatic hydroxyl groups is 1. The van der Waals surface area contributed by atoms with Crippen LogP contribution < -0.4 is 5.32 Å². The average molecular weight is 191 g/mol. The Labute approximate surface area is 82.8 Å². The zero-order chi connectivity index (χ0) is 10.0. The maximum absolute atomic E-state index is 11.0. The summed E-state index contributed by atoms with van der Waals surface area (Å²) in [4.78, 5) is 11.0. The van der Waals surface area contributed by atoms with Gasteiger partial charge in [-0.1, -0.05) is 30.3 Å². The number of rotatable bonds is 2. The first-order valence-electron chi connectivity index (χ1n) is 4.75. The third kappa shape index (κ3) is 1.93. The minimum atomic E-state index is -1.03. The lowest BCUT2D eigenvalue weighted by atomic mass is 10.0. The Morgan fingerprint density at radius 1 is 1.36 bits per heavy atom. The van der Waals surface area contributed by atoms with Gasteiger partial charge in [-0.05, 0) is 5.56 Å². The fraction of sp³-hybridized carbons (Fsp3) is 0.364. The lowest BCUT2D eigenvalue weighted by Gasteiger charge is -2.22. The van der Waals surface area contributed by atoms with Crippen LogP contribution in [0.5, 0.6) is 0 Å². The fourth-order valence-electron chi connectivity index (χ4n) is 1.77. The molecule has 2 rings (SSSR count). The highest BCUT2D eigenvalue weighted by Crippen LogP contribution is 2.21. The summed E-state index contributed by atoms with van der Waals surface area (Å²) in [6.07, 6.45) is 1.41. The van der Waals surface area contributed by atoms with E-state index in [1.54, 1.807) is 0 Å². The number of hydrogen-bond acceptors (Lipinski definition) is 2. The molecule has 0 radical (unpaired) electrons. The van der Waals surface area contributed by atoms with Gasteiger partial charge in [0.15, 0.2) is 0 Å². The first-order chi connectivity index (χ1) is 6.68. The van der Waals surface area contributed by atoms with Crippen LogP contribution in [-0.4, -0.2) is 16.7 Å². The summed E-state index contributed by atoms with van der Waals surface area (Å²) in [6.45, 7) is 0. The van der Waals surface area contributed by atoms with Crippen molar-refractivity contribution in [1.82, 2.24) is 5.32 Å². The molecule has 0 spiro atoms. The number of carbonyl (C=O) groups excluding carboxylic acids is 1. The molecular weight excluding hydrogens is 178 g/mol. The summed E-state index contributed by atoms with van der Waals surface area (Å²) in [5, 5.41) is 12.6. The fourth-order valence-corrected chi connectivity index (χ4v) is 1.77. The number of carbonyl (C=O) groups is 1. The third-order valence-electron chi connectivity index (χ3n) is 2.48. The highest BCUT2D eigenvalue weighted by molar-refractivity contribution is 5.79. The molecule has 0 aliphatic carbocycles. The molecule has 3 nitrogen and oxygen atoms in total. The molecule has 74 valence electrons. The number of hydrogen-bond donors (Lipinski definition) is 2. The molecule has 2 N–H and O–H groups in total. The van der Waals surface area contributed by atoms with Gasteiger partial charge in [0.25, 0.3) is 0 Å². The minimum absolute atomic E-state index is 0.0663. The Bertz CT molecular complexity index is 336. The van der Waals surface area contributed by atoms with Gasteiger partial charge in [-0.25, -0.2) is 0 Å². The van der Waals surface area contributed by atoms with Crippen molar-refractivity contribution >= 4 is 5.91 Å². The van der Waals surface area contributed by atoms with Crippen molar-refractivity contribution in [1.29, 1.82) is 0 Å². The first kappa shape index (κ1) is 9.21. The van der Waals surface area contributed by atoms with E-state index in [2.05, 4.69) is 5.32 Å². The van der Waals surface area contributed by atoms with Crippen molar-refractivity contribution in [2.75, 3.05) is 0 Å². The SMILES string of the molecule is O=C1CCC(O)(Cc2ccccc2)N1. The molecule has 1 amide bonds. The van der Waals surface area contributed by atoms with Crippen molar-refractivity contribution in [2.45, 2.75) is 25.0 Å². The average Bonchev–Trinajstić information content (AvgIpc) is 2.47. The Hall–Kier alpha value is -1.35. The van der Waals surface area contributed by atoms with E-state index in [-0.39, 0.29) is 5.91 Å². The van der Waals surface area contributed by atoms with Crippen LogP contribution in [0.2, 0.25) is 0 Å². The van der Waals surface area contributed by atoms with Crippen molar-refractivity contribution in [2.24, 2.45) is 0 Å². The molecular formula is C11H13NO2. The standard InChI is InChI=1S/C11H13NO2/c13-10-6-7-11(14,12-10)8-9-4-2-1-3-5-9/h1-5,14H,6-8H2,(H,12,13). The van der Waals surface area contributed by atoms with Crippen LogP contribution >= 0.6 is 0 Å². The molecule has 1 heterocycles. The van der Waals surface area contributed by atoms with E-state index in [0.29, 0.717) is 19.3 Å². The van der Waals surface area contributed by atoms with Gasteiger partial charge in [-0.3, -0.25) is 4.79 Å². The zero-order valence-electron chi connectivity index (χ0n) is 7.86. The summed E-state index contributed by atoms with van der Waals surface area (Å²) in [7, 11) is 0. The van der Waals surface area contributed by atoms with Gasteiger partial charge in [0.2, 0.25) is 5.91 Å². The van der Waals surface area contributed by atoms with Crippen molar-refractivity contribution in [3.63, 3.8) is 0 Å². The maximum atomic E-state index is 11.0. The molecule has 0 aromatic heterocycles. The third-order valence-corrected chi connectivity index (χ3v) is 2.48. The van der Waals surface area contributed by atoms with Crippen LogP contribution in [0.4, 0.5) is 0 Å². The molecule has 0 bridgehead atoms. The van der Waals surface area contributed by atoms with Crippen LogP contribution in [0.3, 0.4) is 0 Å². The largest absolute Gasteiger partial charge is 0.371 e. The lowest BCUT2D eigenvalue weighted by Crippen LogP contribution is -2.43. The second-order valence-corrected chi connectivity index (χ2v) is 3.74. The Kier molecular flexibility index (Phi) is 2.25. The van der Waals surface area contributed by atoms with Crippen LogP contribution in [-0.2, 0) is 11.2 Å². The number of amides is 1. The van der Waals surface area contributed by atoms with E-state index in [0.717, 1.165) is 5.56 Å². The molecule has 3 heteroatoms. The highest BCUT2D eigenvalue weighted by atomic mass is 16.3. The zero-order valence-corrected chi connectivity index (χ0v) is 7.86. The summed E-state index contributed by atoms with van der Waals surface area (Å²) >= 11 is 0. The topological polar surface area (TPSA) is 49.3 Å². The van der Waals surface area contributed by atoms with E-state index < -0.39 is 5.72 Å². The molecule has 1 unspecified atom stereocenters. The molecule has 0 saturated carbocycles. The van der Waals surface area contributed by atoms with Crippen molar-refractivity contribution < 1.29 is 9.90 Å². The van der Waals surface area contributed by atoms with E-state index >= 15 is 0 Å². The normalized spacial score (nSPS) is 26.2. The van der Waals surface area contributed by atoms with Crippen molar-refractivity contribution in [3.8, 4) is 0 Å². The summed E-state index contributed by atoms with van der Waals surface area (Å²) in [6, 6.07) is 9.68. The van der Waals surface area contributed by atoms with Crippen LogP contribution in [0.25, 0.3) is 0 Å². The van der Waals surface area contributed by atoms with Gasteiger partial charge in [0.05, 0.1) is 0 Å². The Morgan fingerprint density at radius 2 is 2.07 bits per heavy atom. The van der Waals surface area contributed by atoms with Gasteiger partial charge in [-0.2, -0.15) is 0 Å². The van der Waals surface area contributed by atoms with Crippen LogP contribution in [0.1, 0.15) is 18.4 Å². The maximum Gasteiger partial charge on any atom is 0.222 e.